The number of rotatable bonds is 2. The van der Waals surface area contributed by atoms with Gasteiger partial charge in [-0.05, 0) is 24.3 Å². The zero-order valence-electron chi connectivity index (χ0n) is 10.2. The number of hydrogen-bond donors (Lipinski definition) is 1. The average Bonchev–Trinajstić information content (AvgIpc) is 2.47. The normalized spacial score (nSPS) is 10.6. The topological polar surface area (TPSA) is 89.2 Å². The maximum absolute atomic E-state index is 10.6. The van der Waals surface area contributed by atoms with Crippen molar-refractivity contribution in [3.63, 3.8) is 0 Å². The van der Waals surface area contributed by atoms with Crippen LogP contribution in [-0.2, 0) is 0 Å². The van der Waals surface area contributed by atoms with Gasteiger partial charge in [-0.1, -0.05) is 6.07 Å². The Balaban J connectivity index is 2.08. The first kappa shape index (κ1) is 12.0. The molecule has 0 amide bonds. The van der Waals surface area contributed by atoms with E-state index in [-0.39, 0.29) is 11.4 Å². The Morgan fingerprint density at radius 2 is 1.85 bits per heavy atom. The third-order valence-corrected chi connectivity index (χ3v) is 2.92. The number of nitro benzene ring substituents is 1. The van der Waals surface area contributed by atoms with Crippen LogP contribution < -0.4 is 0 Å². The molecular formula is C14H9N3O3. The minimum absolute atomic E-state index is 0.0279. The second-order valence-electron chi connectivity index (χ2n) is 4.20. The van der Waals surface area contributed by atoms with Gasteiger partial charge in [0.15, 0.2) is 0 Å². The molecule has 2 aromatic carbocycles. The number of benzene rings is 2. The highest BCUT2D eigenvalue weighted by molar-refractivity contribution is 5.82. The van der Waals surface area contributed by atoms with Crippen molar-refractivity contribution in [1.82, 2.24) is 9.97 Å². The fourth-order valence-electron chi connectivity index (χ4n) is 1.92. The van der Waals surface area contributed by atoms with E-state index in [4.69, 9.17) is 0 Å². The number of hydrogen-bond acceptors (Lipinski definition) is 5. The van der Waals surface area contributed by atoms with Gasteiger partial charge in [0.1, 0.15) is 11.3 Å². The first-order valence-corrected chi connectivity index (χ1v) is 5.85. The van der Waals surface area contributed by atoms with Crippen LogP contribution in [0.3, 0.4) is 0 Å². The molecule has 3 aromatic rings. The smallest absolute Gasteiger partial charge is 0.269 e. The van der Waals surface area contributed by atoms with Gasteiger partial charge < -0.3 is 5.11 Å². The maximum atomic E-state index is 10.6. The lowest BCUT2D eigenvalue weighted by molar-refractivity contribution is -0.384. The summed E-state index contributed by atoms with van der Waals surface area (Å²) in [6, 6.07) is 11.1. The third kappa shape index (κ3) is 2.03. The second kappa shape index (κ2) is 4.58. The molecule has 1 heterocycles. The summed E-state index contributed by atoms with van der Waals surface area (Å²) in [6.07, 6.45) is 1.53. The quantitative estimate of drug-likeness (QED) is 0.569. The predicted molar refractivity (Wildman–Crippen MR) is 73.3 cm³/mol. The van der Waals surface area contributed by atoms with Crippen molar-refractivity contribution < 1.29 is 10.0 Å². The molecule has 0 radical (unpaired) electrons. The fourth-order valence-corrected chi connectivity index (χ4v) is 1.92. The first-order valence-electron chi connectivity index (χ1n) is 5.85. The number of phenols is 1. The molecule has 3 rings (SSSR count). The molecule has 0 atom stereocenters. The van der Waals surface area contributed by atoms with Crippen molar-refractivity contribution in [3.05, 3.63) is 58.8 Å². The minimum atomic E-state index is -0.451. The number of non-ortho nitro benzene ring substituents is 1. The van der Waals surface area contributed by atoms with E-state index < -0.39 is 4.92 Å². The summed E-state index contributed by atoms with van der Waals surface area (Å²) >= 11 is 0. The van der Waals surface area contributed by atoms with Crippen LogP contribution in [0.25, 0.3) is 22.3 Å². The molecule has 0 aliphatic carbocycles. The average molecular weight is 267 g/mol. The van der Waals surface area contributed by atoms with E-state index >= 15 is 0 Å². The van der Waals surface area contributed by atoms with E-state index in [1.807, 2.05) is 0 Å². The highest BCUT2D eigenvalue weighted by Gasteiger charge is 2.08. The summed E-state index contributed by atoms with van der Waals surface area (Å²) in [5, 5.41) is 20.3. The van der Waals surface area contributed by atoms with E-state index in [2.05, 4.69) is 9.97 Å². The molecule has 1 N–H and O–H groups in total. The molecule has 0 fully saturated rings. The summed E-state index contributed by atoms with van der Waals surface area (Å²) in [5.41, 5.74) is 2.35. The summed E-state index contributed by atoms with van der Waals surface area (Å²) in [7, 11) is 0. The van der Waals surface area contributed by atoms with Crippen LogP contribution >= 0.6 is 0 Å². The molecule has 6 nitrogen and oxygen atoms in total. The van der Waals surface area contributed by atoms with Crippen molar-refractivity contribution >= 4 is 16.7 Å². The molecule has 20 heavy (non-hydrogen) atoms. The second-order valence-corrected chi connectivity index (χ2v) is 4.20. The van der Waals surface area contributed by atoms with Gasteiger partial charge in [0, 0.05) is 17.7 Å². The lowest BCUT2D eigenvalue weighted by Crippen LogP contribution is -1.90. The predicted octanol–water partition coefficient (Wildman–Crippen LogP) is 2.91. The molecule has 6 heteroatoms. The largest absolute Gasteiger partial charge is 0.506 e. The number of nitro groups is 1. The Bertz CT molecular complexity index is 800. The molecule has 0 aliphatic heterocycles. The van der Waals surface area contributed by atoms with Crippen LogP contribution in [0.4, 0.5) is 5.69 Å². The zero-order valence-corrected chi connectivity index (χ0v) is 10.2. The molecule has 98 valence electrons. The van der Waals surface area contributed by atoms with Gasteiger partial charge in [0.25, 0.3) is 5.69 Å². The van der Waals surface area contributed by atoms with Gasteiger partial charge in [-0.3, -0.25) is 10.1 Å². The van der Waals surface area contributed by atoms with Gasteiger partial charge in [-0.25, -0.2) is 9.97 Å². The van der Waals surface area contributed by atoms with E-state index in [1.54, 1.807) is 30.3 Å². The van der Waals surface area contributed by atoms with E-state index in [9.17, 15) is 15.2 Å². The number of nitrogens with zero attached hydrogens (tertiary/aromatic N) is 3. The summed E-state index contributed by atoms with van der Waals surface area (Å²) < 4.78 is 0. The number of phenolic OH excluding ortho intramolecular Hbond substituents is 1. The Hall–Kier alpha value is -3.02. The minimum Gasteiger partial charge on any atom is -0.506 e. The van der Waals surface area contributed by atoms with E-state index in [0.717, 1.165) is 5.56 Å². The van der Waals surface area contributed by atoms with Gasteiger partial charge in [-0.15, -0.1) is 0 Å². The molecule has 0 unspecified atom stereocenters. The SMILES string of the molecule is O=[N+]([O-])c1ccc(-c2cnc3c(O)cccc3n2)cc1. The summed E-state index contributed by atoms with van der Waals surface area (Å²) in [6.45, 7) is 0. The number of aromatic hydroxyl groups is 1. The molecule has 0 spiro atoms. The van der Waals surface area contributed by atoms with E-state index in [1.165, 1.54) is 18.3 Å². The van der Waals surface area contributed by atoms with Gasteiger partial charge in [-0.2, -0.15) is 0 Å². The Labute approximate surface area is 113 Å². The molecule has 1 aromatic heterocycles. The van der Waals surface area contributed by atoms with Crippen molar-refractivity contribution in [1.29, 1.82) is 0 Å². The summed E-state index contributed by atoms with van der Waals surface area (Å²) in [4.78, 5) is 18.7. The van der Waals surface area contributed by atoms with Gasteiger partial charge in [0.2, 0.25) is 0 Å². The molecule has 0 saturated carbocycles. The number of aromatic nitrogens is 2. The maximum Gasteiger partial charge on any atom is 0.269 e. The highest BCUT2D eigenvalue weighted by atomic mass is 16.6. The first-order chi connectivity index (χ1) is 9.65. The lowest BCUT2D eigenvalue weighted by atomic mass is 10.1. The number of para-hydroxylation sites is 1. The van der Waals surface area contributed by atoms with Crippen LogP contribution in [0.5, 0.6) is 5.75 Å². The Kier molecular flexibility index (Phi) is 2.76. The van der Waals surface area contributed by atoms with Crippen LogP contribution in [0.1, 0.15) is 0 Å². The van der Waals surface area contributed by atoms with Crippen molar-refractivity contribution in [2.24, 2.45) is 0 Å². The Morgan fingerprint density at radius 3 is 2.55 bits per heavy atom. The lowest BCUT2D eigenvalue weighted by Gasteiger charge is -2.03. The fraction of sp³-hybridized carbons (Fsp3) is 0. The third-order valence-electron chi connectivity index (χ3n) is 2.92. The molecule has 0 aliphatic rings. The van der Waals surface area contributed by atoms with Gasteiger partial charge in [0.05, 0.1) is 22.3 Å². The highest BCUT2D eigenvalue weighted by Crippen LogP contribution is 2.25. The number of fused-ring (bicyclic) bond motifs is 1. The molecule has 0 bridgehead atoms. The van der Waals surface area contributed by atoms with Crippen molar-refractivity contribution in [3.8, 4) is 17.0 Å². The van der Waals surface area contributed by atoms with Crippen LogP contribution in [0.15, 0.2) is 48.7 Å². The zero-order chi connectivity index (χ0) is 14.1. The Morgan fingerprint density at radius 1 is 1.10 bits per heavy atom. The molecular weight excluding hydrogens is 258 g/mol. The summed E-state index contributed by atoms with van der Waals surface area (Å²) in [5.74, 6) is 0.0743. The van der Waals surface area contributed by atoms with Gasteiger partial charge >= 0.3 is 0 Å². The standard InChI is InChI=1S/C14H9N3O3/c18-13-3-1-2-11-14(13)15-8-12(16-11)9-4-6-10(7-5-9)17(19)20/h1-8,18H. The van der Waals surface area contributed by atoms with Crippen LogP contribution in [0, 0.1) is 10.1 Å². The van der Waals surface area contributed by atoms with Crippen molar-refractivity contribution in [2.75, 3.05) is 0 Å². The monoisotopic (exact) mass is 267 g/mol. The molecule has 0 saturated heterocycles. The van der Waals surface area contributed by atoms with Crippen LogP contribution in [0.2, 0.25) is 0 Å². The van der Waals surface area contributed by atoms with Crippen LogP contribution in [-0.4, -0.2) is 20.0 Å². The van der Waals surface area contributed by atoms with Crippen molar-refractivity contribution in [2.45, 2.75) is 0 Å². The van der Waals surface area contributed by atoms with E-state index in [0.29, 0.717) is 16.7 Å².